The van der Waals surface area contributed by atoms with Crippen molar-refractivity contribution < 1.29 is 36.2 Å². The number of aliphatic hydroxyl groups is 1. The highest BCUT2D eigenvalue weighted by Crippen LogP contribution is 2.42. The van der Waals surface area contributed by atoms with Crippen LogP contribution in [0.3, 0.4) is 0 Å². The van der Waals surface area contributed by atoms with Crippen LogP contribution in [0.5, 0.6) is 0 Å². The van der Waals surface area contributed by atoms with Gasteiger partial charge in [-0.05, 0) is 19.4 Å². The molecule has 3 nitrogen and oxygen atoms in total. The van der Waals surface area contributed by atoms with Crippen LogP contribution >= 0.6 is 0 Å². The Hall–Kier alpha value is -1.06. The van der Waals surface area contributed by atoms with Crippen molar-refractivity contribution in [1.29, 1.82) is 0 Å². The van der Waals surface area contributed by atoms with Crippen molar-refractivity contribution in [3.63, 3.8) is 0 Å². The molecule has 2 unspecified atom stereocenters. The monoisotopic (exact) mass is 317 g/mol. The topological polar surface area (TPSA) is 41.5 Å². The van der Waals surface area contributed by atoms with Crippen molar-refractivity contribution in [1.82, 2.24) is 5.32 Å². The summed E-state index contributed by atoms with van der Waals surface area (Å²) in [5.41, 5.74) is -2.59. The molecule has 0 amide bonds. The number of nitrogens with one attached hydrogen (secondary N) is 1. The Kier molecular flexibility index (Phi) is 4.11. The Labute approximate surface area is 116 Å². The summed E-state index contributed by atoms with van der Waals surface area (Å²) in [7, 11) is 0. The van der Waals surface area contributed by atoms with Gasteiger partial charge in [-0.15, -0.1) is 0 Å². The van der Waals surface area contributed by atoms with Crippen LogP contribution in [0.1, 0.15) is 13.3 Å². The van der Waals surface area contributed by atoms with E-state index in [9.17, 15) is 31.4 Å². The Morgan fingerprint density at radius 1 is 1.19 bits per heavy atom. The fraction of sp³-hybridized carbons (Fsp3) is 0.667. The average molecular weight is 317 g/mol. The quantitative estimate of drug-likeness (QED) is 0.731. The van der Waals surface area contributed by atoms with Crippen LogP contribution in [0.4, 0.5) is 26.3 Å². The van der Waals surface area contributed by atoms with Crippen molar-refractivity contribution in [2.24, 2.45) is 5.92 Å². The Morgan fingerprint density at radius 2 is 1.81 bits per heavy atom. The van der Waals surface area contributed by atoms with Crippen LogP contribution in [0.2, 0.25) is 0 Å². The molecule has 0 aromatic carbocycles. The summed E-state index contributed by atoms with van der Waals surface area (Å²) < 4.78 is 81.5. The smallest absolute Gasteiger partial charge is 0.356 e. The first-order valence-electron chi connectivity index (χ1n) is 6.15. The molecule has 0 saturated carbocycles. The molecule has 0 radical (unpaired) electrons. The average Bonchev–Trinajstić information content (AvgIpc) is 2.65. The molecular weight excluding hydrogens is 304 g/mol. The van der Waals surface area contributed by atoms with E-state index >= 15 is 0 Å². The van der Waals surface area contributed by atoms with Crippen molar-refractivity contribution in [3.8, 4) is 0 Å². The van der Waals surface area contributed by atoms with E-state index in [0.29, 0.717) is 0 Å². The molecule has 0 aromatic heterocycles. The first-order valence-corrected chi connectivity index (χ1v) is 6.15. The zero-order valence-corrected chi connectivity index (χ0v) is 10.8. The fourth-order valence-electron chi connectivity index (χ4n) is 2.52. The number of rotatable bonds is 1. The SMILES string of the molecule is C[C@@H]1NC(O)O[C@@H]1C1C=C(C(F)(F)F)C=C(C(F)(F)F)C1. The molecule has 1 aliphatic heterocycles. The molecule has 1 aliphatic carbocycles. The molecule has 4 atom stereocenters. The summed E-state index contributed by atoms with van der Waals surface area (Å²) in [6.07, 6.45) is -11.8. The minimum atomic E-state index is -4.87. The molecule has 21 heavy (non-hydrogen) atoms. The normalized spacial score (nSPS) is 34.7. The van der Waals surface area contributed by atoms with Crippen LogP contribution in [0.25, 0.3) is 0 Å². The molecule has 0 aromatic rings. The summed E-state index contributed by atoms with van der Waals surface area (Å²) in [4.78, 5) is 0. The van der Waals surface area contributed by atoms with E-state index in [1.165, 1.54) is 6.92 Å². The molecule has 1 fully saturated rings. The van der Waals surface area contributed by atoms with E-state index in [-0.39, 0.29) is 6.08 Å². The predicted molar refractivity (Wildman–Crippen MR) is 59.9 cm³/mol. The third-order valence-corrected chi connectivity index (χ3v) is 3.48. The Morgan fingerprint density at radius 3 is 2.24 bits per heavy atom. The maximum absolute atomic E-state index is 12.8. The molecule has 2 N–H and O–H groups in total. The summed E-state index contributed by atoms with van der Waals surface area (Å²) in [6, 6.07) is -0.566. The second-order valence-corrected chi connectivity index (χ2v) is 5.06. The van der Waals surface area contributed by atoms with Gasteiger partial charge in [0.2, 0.25) is 6.41 Å². The third-order valence-electron chi connectivity index (χ3n) is 3.48. The lowest BCUT2D eigenvalue weighted by Crippen LogP contribution is -2.36. The van der Waals surface area contributed by atoms with Crippen molar-refractivity contribution in [2.75, 3.05) is 0 Å². The number of hydrogen-bond acceptors (Lipinski definition) is 3. The standard InChI is InChI=1S/C12H13F6NO2/c1-5-9(21-10(20)19-5)6-2-7(11(13,14)15)4-8(3-6)12(16,17)18/h2,4-6,9-10,19-20H,3H2,1H3/t5-,6?,9-,10?/m0/s1. The molecule has 0 bridgehead atoms. The van der Waals surface area contributed by atoms with Gasteiger partial charge in [0.1, 0.15) is 0 Å². The van der Waals surface area contributed by atoms with Crippen LogP contribution < -0.4 is 5.32 Å². The zero-order valence-electron chi connectivity index (χ0n) is 10.8. The lowest BCUT2D eigenvalue weighted by Gasteiger charge is -2.29. The second kappa shape index (κ2) is 5.29. The number of allylic oxidation sites excluding steroid dienone is 3. The van der Waals surface area contributed by atoms with Gasteiger partial charge in [-0.3, -0.25) is 5.32 Å². The molecule has 1 saturated heterocycles. The van der Waals surface area contributed by atoms with Crippen LogP contribution in [-0.2, 0) is 4.74 Å². The van der Waals surface area contributed by atoms with Gasteiger partial charge in [0.05, 0.1) is 11.7 Å². The first kappa shape index (κ1) is 16.3. The van der Waals surface area contributed by atoms with Gasteiger partial charge in [-0.2, -0.15) is 26.3 Å². The van der Waals surface area contributed by atoms with E-state index in [0.717, 1.165) is 6.08 Å². The van der Waals surface area contributed by atoms with Gasteiger partial charge in [-0.25, -0.2) is 0 Å². The summed E-state index contributed by atoms with van der Waals surface area (Å²) >= 11 is 0. The highest BCUT2D eigenvalue weighted by molar-refractivity contribution is 5.35. The first-order chi connectivity index (χ1) is 9.48. The van der Waals surface area contributed by atoms with E-state index in [2.05, 4.69) is 5.32 Å². The molecule has 120 valence electrons. The van der Waals surface area contributed by atoms with Crippen LogP contribution in [-0.4, -0.2) is 36.0 Å². The van der Waals surface area contributed by atoms with Crippen LogP contribution in [0, 0.1) is 5.92 Å². The minimum absolute atomic E-state index is 0.125. The molecule has 9 heteroatoms. The minimum Gasteiger partial charge on any atom is -0.356 e. The second-order valence-electron chi connectivity index (χ2n) is 5.06. The van der Waals surface area contributed by atoms with Gasteiger partial charge >= 0.3 is 12.4 Å². The lowest BCUT2D eigenvalue weighted by atomic mass is 9.84. The highest BCUT2D eigenvalue weighted by Gasteiger charge is 2.45. The fourth-order valence-corrected chi connectivity index (χ4v) is 2.52. The molecule has 0 spiro atoms. The van der Waals surface area contributed by atoms with E-state index in [1.54, 1.807) is 0 Å². The van der Waals surface area contributed by atoms with Crippen molar-refractivity contribution in [3.05, 3.63) is 23.3 Å². The Bertz CT molecular complexity index is 467. The largest absolute Gasteiger partial charge is 0.416 e. The number of halogens is 6. The zero-order chi connectivity index (χ0) is 16.0. The van der Waals surface area contributed by atoms with E-state index in [4.69, 9.17) is 4.74 Å². The summed E-state index contributed by atoms with van der Waals surface area (Å²) in [5, 5.41) is 11.7. The van der Waals surface area contributed by atoms with Gasteiger partial charge < -0.3 is 9.84 Å². The Balaban J connectivity index is 2.32. The molecule has 1 heterocycles. The predicted octanol–water partition coefficient (Wildman–Crippen LogP) is 2.64. The van der Waals surface area contributed by atoms with E-state index in [1.807, 2.05) is 0 Å². The van der Waals surface area contributed by atoms with Gasteiger partial charge in [0, 0.05) is 17.5 Å². The molecule has 2 aliphatic rings. The van der Waals surface area contributed by atoms with Gasteiger partial charge in [-0.1, -0.05) is 6.08 Å². The number of alkyl halides is 6. The summed E-state index contributed by atoms with van der Waals surface area (Å²) in [6.45, 7) is 1.52. The molecule has 2 rings (SSSR count). The summed E-state index contributed by atoms with van der Waals surface area (Å²) in [5.74, 6) is -1.12. The number of hydrogen-bond donors (Lipinski definition) is 2. The van der Waals surface area contributed by atoms with Crippen molar-refractivity contribution >= 4 is 0 Å². The maximum atomic E-state index is 12.8. The number of ether oxygens (including phenoxy) is 1. The molecular formula is C12H13F6NO2. The van der Waals surface area contributed by atoms with Crippen LogP contribution in [0.15, 0.2) is 23.3 Å². The van der Waals surface area contributed by atoms with Crippen molar-refractivity contribution in [2.45, 2.75) is 44.3 Å². The lowest BCUT2D eigenvalue weighted by molar-refractivity contribution is -0.117. The number of aliphatic hydroxyl groups excluding tert-OH is 1. The maximum Gasteiger partial charge on any atom is 0.416 e. The highest BCUT2D eigenvalue weighted by atomic mass is 19.4. The van der Waals surface area contributed by atoms with Gasteiger partial charge in [0.25, 0.3) is 0 Å². The van der Waals surface area contributed by atoms with Gasteiger partial charge in [0.15, 0.2) is 0 Å². The van der Waals surface area contributed by atoms with E-state index < -0.39 is 54.4 Å². The third kappa shape index (κ3) is 3.58.